The van der Waals surface area contributed by atoms with Crippen molar-refractivity contribution in [3.05, 3.63) is 102 Å². The summed E-state index contributed by atoms with van der Waals surface area (Å²) in [6.45, 7) is 6.88. The van der Waals surface area contributed by atoms with E-state index in [0.29, 0.717) is 32.4 Å². The van der Waals surface area contributed by atoms with Crippen molar-refractivity contribution in [2.24, 2.45) is 0 Å². The molecule has 1 N–H and O–H groups in total. The predicted molar refractivity (Wildman–Crippen MR) is 145 cm³/mol. The van der Waals surface area contributed by atoms with E-state index in [2.05, 4.69) is 5.32 Å². The molecule has 0 bridgehead atoms. The monoisotopic (exact) mass is 486 g/mol. The van der Waals surface area contributed by atoms with Gasteiger partial charge < -0.3 is 15.0 Å². The van der Waals surface area contributed by atoms with Crippen LogP contribution in [-0.4, -0.2) is 35.4 Å². The van der Waals surface area contributed by atoms with Crippen molar-refractivity contribution < 1.29 is 14.3 Å². The van der Waals surface area contributed by atoms with Gasteiger partial charge >= 0.3 is 0 Å². The van der Waals surface area contributed by atoms with Crippen LogP contribution in [0, 0.1) is 6.92 Å². The summed E-state index contributed by atoms with van der Waals surface area (Å²) in [7, 11) is 0. The summed E-state index contributed by atoms with van der Waals surface area (Å²) in [5.74, 6) is 0.629. The van der Waals surface area contributed by atoms with Crippen LogP contribution in [0.4, 0.5) is 0 Å². The largest absolute Gasteiger partial charge is 0.494 e. The van der Waals surface area contributed by atoms with Crippen molar-refractivity contribution in [2.45, 2.75) is 65.1 Å². The third-order valence-corrected chi connectivity index (χ3v) is 6.29. The quantitative estimate of drug-likeness (QED) is 0.315. The van der Waals surface area contributed by atoms with Crippen molar-refractivity contribution in [1.29, 1.82) is 0 Å². The Bertz CT molecular complexity index is 1070. The highest BCUT2D eigenvalue weighted by Crippen LogP contribution is 2.17. The molecule has 0 saturated carbocycles. The fourth-order valence-corrected chi connectivity index (χ4v) is 3.97. The number of hydrogen-bond acceptors (Lipinski definition) is 3. The molecule has 2 atom stereocenters. The van der Waals surface area contributed by atoms with Gasteiger partial charge in [0, 0.05) is 25.4 Å². The summed E-state index contributed by atoms with van der Waals surface area (Å²) in [6.07, 6.45) is 2.16. The Hall–Kier alpha value is -3.60. The highest BCUT2D eigenvalue weighted by Gasteiger charge is 2.30. The molecule has 3 aromatic rings. The zero-order chi connectivity index (χ0) is 25.8. The van der Waals surface area contributed by atoms with E-state index in [-0.39, 0.29) is 17.9 Å². The Balaban J connectivity index is 1.76. The van der Waals surface area contributed by atoms with Crippen LogP contribution in [0.25, 0.3) is 0 Å². The number of aryl methyl sites for hydroxylation is 1. The van der Waals surface area contributed by atoms with Crippen LogP contribution in [0.5, 0.6) is 5.75 Å². The lowest BCUT2D eigenvalue weighted by Gasteiger charge is -2.32. The number of carbonyl (C=O) groups is 2. The average molecular weight is 487 g/mol. The van der Waals surface area contributed by atoms with Gasteiger partial charge in [0.2, 0.25) is 11.8 Å². The maximum Gasteiger partial charge on any atom is 0.243 e. The topological polar surface area (TPSA) is 58.6 Å². The molecule has 3 aromatic carbocycles. The van der Waals surface area contributed by atoms with E-state index in [1.165, 1.54) is 5.56 Å². The number of carbonyl (C=O) groups excluding carboxylic acids is 2. The van der Waals surface area contributed by atoms with E-state index >= 15 is 0 Å². The molecule has 0 radical (unpaired) electrons. The fraction of sp³-hybridized carbons (Fsp3) is 0.355. The third kappa shape index (κ3) is 8.56. The van der Waals surface area contributed by atoms with Gasteiger partial charge in [0.25, 0.3) is 0 Å². The van der Waals surface area contributed by atoms with Gasteiger partial charge in [0.05, 0.1) is 6.61 Å². The molecule has 0 aliphatic rings. The van der Waals surface area contributed by atoms with Crippen LogP contribution in [0.3, 0.4) is 0 Å². The van der Waals surface area contributed by atoms with Crippen LogP contribution in [0.2, 0.25) is 0 Å². The predicted octanol–water partition coefficient (Wildman–Crippen LogP) is 5.71. The lowest BCUT2D eigenvalue weighted by Crippen LogP contribution is -2.52. The SMILES string of the molecule is CC[C@H](C)NC(=O)[C@H](Cc1ccccc1)N(Cc1ccccc1)C(=O)CCCOc1ccc(C)cc1. The van der Waals surface area contributed by atoms with Gasteiger partial charge in [-0.05, 0) is 49.9 Å². The van der Waals surface area contributed by atoms with E-state index in [9.17, 15) is 9.59 Å². The average Bonchev–Trinajstić information content (AvgIpc) is 2.90. The molecule has 0 fully saturated rings. The van der Waals surface area contributed by atoms with Gasteiger partial charge in [-0.1, -0.05) is 85.3 Å². The fourth-order valence-electron chi connectivity index (χ4n) is 3.97. The summed E-state index contributed by atoms with van der Waals surface area (Å²) in [5.41, 5.74) is 3.20. The van der Waals surface area contributed by atoms with Crippen LogP contribution >= 0.6 is 0 Å². The summed E-state index contributed by atoms with van der Waals surface area (Å²) >= 11 is 0. The normalized spacial score (nSPS) is 12.4. The molecule has 36 heavy (non-hydrogen) atoms. The minimum atomic E-state index is -0.605. The number of nitrogens with zero attached hydrogens (tertiary/aromatic N) is 1. The van der Waals surface area contributed by atoms with Crippen LogP contribution < -0.4 is 10.1 Å². The molecule has 0 saturated heterocycles. The molecule has 0 spiro atoms. The summed E-state index contributed by atoms with van der Waals surface area (Å²) < 4.78 is 5.83. The highest BCUT2D eigenvalue weighted by molar-refractivity contribution is 5.88. The standard InChI is InChI=1S/C31H38N2O3/c1-4-25(3)32-31(35)29(22-26-12-7-5-8-13-26)33(23-27-14-9-6-10-15-27)30(34)16-11-21-36-28-19-17-24(2)18-20-28/h5-10,12-15,17-20,25,29H,4,11,16,21-23H2,1-3H3,(H,32,35)/t25-,29-/m0/s1. The van der Waals surface area contributed by atoms with E-state index in [0.717, 1.165) is 23.3 Å². The minimum absolute atomic E-state index is 0.0346. The molecule has 0 heterocycles. The second-order valence-electron chi connectivity index (χ2n) is 9.30. The first-order chi connectivity index (χ1) is 17.5. The van der Waals surface area contributed by atoms with Gasteiger partial charge in [0.15, 0.2) is 0 Å². The molecular formula is C31H38N2O3. The van der Waals surface area contributed by atoms with Crippen molar-refractivity contribution in [1.82, 2.24) is 10.2 Å². The zero-order valence-electron chi connectivity index (χ0n) is 21.7. The second kappa shape index (κ2) is 14.1. The molecular weight excluding hydrogens is 448 g/mol. The number of ether oxygens (including phenoxy) is 1. The molecule has 0 aliphatic carbocycles. The van der Waals surface area contributed by atoms with Crippen molar-refractivity contribution in [3.63, 3.8) is 0 Å². The molecule has 0 aliphatic heterocycles. The van der Waals surface area contributed by atoms with Gasteiger partial charge in [-0.15, -0.1) is 0 Å². The molecule has 3 rings (SSSR count). The van der Waals surface area contributed by atoms with E-state index in [4.69, 9.17) is 4.74 Å². The van der Waals surface area contributed by atoms with Crippen molar-refractivity contribution >= 4 is 11.8 Å². The number of rotatable bonds is 13. The first-order valence-electron chi connectivity index (χ1n) is 12.8. The zero-order valence-corrected chi connectivity index (χ0v) is 21.7. The van der Waals surface area contributed by atoms with Gasteiger partial charge in [-0.2, -0.15) is 0 Å². The van der Waals surface area contributed by atoms with Crippen molar-refractivity contribution in [3.8, 4) is 5.75 Å². The van der Waals surface area contributed by atoms with Gasteiger partial charge in [0.1, 0.15) is 11.8 Å². The van der Waals surface area contributed by atoms with E-state index in [1.54, 1.807) is 4.90 Å². The molecule has 5 nitrogen and oxygen atoms in total. The molecule has 0 aromatic heterocycles. The lowest BCUT2D eigenvalue weighted by molar-refractivity contribution is -0.141. The van der Waals surface area contributed by atoms with Gasteiger partial charge in [-0.3, -0.25) is 9.59 Å². The maximum absolute atomic E-state index is 13.6. The van der Waals surface area contributed by atoms with E-state index < -0.39 is 6.04 Å². The Kier molecular flexibility index (Phi) is 10.6. The lowest BCUT2D eigenvalue weighted by atomic mass is 10.0. The van der Waals surface area contributed by atoms with Gasteiger partial charge in [-0.25, -0.2) is 0 Å². The second-order valence-corrected chi connectivity index (χ2v) is 9.30. The molecule has 190 valence electrons. The summed E-state index contributed by atoms with van der Waals surface area (Å²) in [5, 5.41) is 3.11. The molecule has 2 amide bonds. The van der Waals surface area contributed by atoms with E-state index in [1.807, 2.05) is 106 Å². The van der Waals surface area contributed by atoms with Crippen molar-refractivity contribution in [2.75, 3.05) is 6.61 Å². The summed E-state index contributed by atoms with van der Waals surface area (Å²) in [6, 6.07) is 27.1. The number of nitrogens with one attached hydrogen (secondary N) is 1. The number of hydrogen-bond donors (Lipinski definition) is 1. The Morgan fingerprint density at radius 2 is 1.50 bits per heavy atom. The molecule has 5 heteroatoms. The smallest absolute Gasteiger partial charge is 0.243 e. The van der Waals surface area contributed by atoms with Crippen LogP contribution in [-0.2, 0) is 22.6 Å². The number of amides is 2. The highest BCUT2D eigenvalue weighted by atomic mass is 16.5. The minimum Gasteiger partial charge on any atom is -0.494 e. The number of benzene rings is 3. The maximum atomic E-state index is 13.6. The first-order valence-corrected chi connectivity index (χ1v) is 12.8. The Morgan fingerprint density at radius 3 is 2.11 bits per heavy atom. The third-order valence-electron chi connectivity index (χ3n) is 6.29. The first kappa shape index (κ1) is 27.0. The Morgan fingerprint density at radius 1 is 0.889 bits per heavy atom. The van der Waals surface area contributed by atoms with Crippen LogP contribution in [0.15, 0.2) is 84.9 Å². The molecule has 0 unspecified atom stereocenters. The van der Waals surface area contributed by atoms with Crippen LogP contribution in [0.1, 0.15) is 49.8 Å². The summed E-state index contributed by atoms with van der Waals surface area (Å²) in [4.78, 5) is 28.8. The Labute approximate surface area is 215 Å².